The van der Waals surface area contributed by atoms with Crippen LogP contribution >= 0.6 is 23.2 Å². The number of ether oxygens (including phenoxy) is 3. The van der Waals surface area contributed by atoms with E-state index in [1.807, 2.05) is 24.3 Å². The van der Waals surface area contributed by atoms with Crippen molar-refractivity contribution in [3.63, 3.8) is 0 Å². The molecule has 29 heavy (non-hydrogen) atoms. The minimum absolute atomic E-state index is 0.189. The van der Waals surface area contributed by atoms with Gasteiger partial charge in [-0.3, -0.25) is 4.79 Å². The van der Waals surface area contributed by atoms with Gasteiger partial charge in [0.2, 0.25) is 5.78 Å². The maximum absolute atomic E-state index is 12.6. The lowest BCUT2D eigenvalue weighted by molar-refractivity contribution is 0.101. The highest BCUT2D eigenvalue weighted by atomic mass is 35.5. The Kier molecular flexibility index (Phi) is 5.47. The van der Waals surface area contributed by atoms with Crippen molar-refractivity contribution in [1.29, 1.82) is 0 Å². The molecular weight excluding hydrogens is 411 g/mol. The quantitative estimate of drug-likeness (QED) is 0.455. The maximum Gasteiger partial charge on any atom is 0.231 e. The largest absolute Gasteiger partial charge is 0.497 e. The molecule has 1 heterocycles. The zero-order valence-electron chi connectivity index (χ0n) is 15.4. The van der Waals surface area contributed by atoms with Gasteiger partial charge < -0.3 is 14.2 Å². The Hall–Kier alpha value is -2.95. The molecule has 4 nitrogen and oxygen atoms in total. The summed E-state index contributed by atoms with van der Waals surface area (Å²) >= 11 is 12.2. The lowest BCUT2D eigenvalue weighted by Gasteiger charge is -2.08. The first-order valence-corrected chi connectivity index (χ1v) is 9.59. The van der Waals surface area contributed by atoms with Crippen LogP contribution in [0.3, 0.4) is 0 Å². The topological polar surface area (TPSA) is 44.8 Å². The van der Waals surface area contributed by atoms with Crippen LogP contribution in [0.2, 0.25) is 10.0 Å². The monoisotopic (exact) mass is 426 g/mol. The fraction of sp³-hybridized carbons (Fsp3) is 0.0870. The summed E-state index contributed by atoms with van der Waals surface area (Å²) in [5.74, 6) is 1.79. The lowest BCUT2D eigenvalue weighted by Crippen LogP contribution is -1.98. The van der Waals surface area contributed by atoms with Crippen molar-refractivity contribution in [2.45, 2.75) is 6.61 Å². The van der Waals surface area contributed by atoms with E-state index in [1.54, 1.807) is 49.6 Å². The van der Waals surface area contributed by atoms with Crippen LogP contribution in [0, 0.1) is 0 Å². The summed E-state index contributed by atoms with van der Waals surface area (Å²) in [6.45, 7) is 0.366. The van der Waals surface area contributed by atoms with Gasteiger partial charge in [-0.2, -0.15) is 0 Å². The average molecular weight is 427 g/mol. The van der Waals surface area contributed by atoms with Crippen molar-refractivity contribution in [2.75, 3.05) is 7.11 Å². The summed E-state index contributed by atoms with van der Waals surface area (Å²) in [5.41, 5.74) is 2.06. The van der Waals surface area contributed by atoms with Crippen LogP contribution in [0.25, 0.3) is 6.08 Å². The highest BCUT2D eigenvalue weighted by Crippen LogP contribution is 2.36. The van der Waals surface area contributed by atoms with E-state index in [0.29, 0.717) is 39.3 Å². The van der Waals surface area contributed by atoms with E-state index in [4.69, 9.17) is 37.4 Å². The van der Waals surface area contributed by atoms with E-state index in [-0.39, 0.29) is 11.5 Å². The van der Waals surface area contributed by atoms with Crippen LogP contribution in [0.15, 0.2) is 66.4 Å². The summed E-state index contributed by atoms with van der Waals surface area (Å²) < 4.78 is 16.8. The minimum Gasteiger partial charge on any atom is -0.497 e. The molecule has 0 spiro atoms. The van der Waals surface area contributed by atoms with Crippen LogP contribution in [0.1, 0.15) is 21.5 Å². The van der Waals surface area contributed by atoms with Crippen molar-refractivity contribution in [3.05, 3.63) is 93.2 Å². The fourth-order valence-corrected chi connectivity index (χ4v) is 3.32. The second kappa shape index (κ2) is 8.19. The molecule has 0 unspecified atom stereocenters. The molecule has 0 amide bonds. The normalized spacial score (nSPS) is 13.9. The number of Topliss-reactive ketones (excluding diaryl/α,β-unsaturated/α-hetero) is 1. The second-order valence-corrected chi connectivity index (χ2v) is 7.17. The van der Waals surface area contributed by atoms with E-state index in [9.17, 15) is 4.79 Å². The summed E-state index contributed by atoms with van der Waals surface area (Å²) in [6, 6.07) is 18.0. The summed E-state index contributed by atoms with van der Waals surface area (Å²) in [5, 5.41) is 0.786. The fourth-order valence-electron chi connectivity index (χ4n) is 2.96. The van der Waals surface area contributed by atoms with Crippen LogP contribution in [-0.2, 0) is 6.61 Å². The second-order valence-electron chi connectivity index (χ2n) is 6.38. The predicted molar refractivity (Wildman–Crippen MR) is 113 cm³/mol. The third kappa shape index (κ3) is 4.09. The highest BCUT2D eigenvalue weighted by Gasteiger charge is 2.28. The van der Waals surface area contributed by atoms with Crippen LogP contribution < -0.4 is 14.2 Å². The van der Waals surface area contributed by atoms with Gasteiger partial charge in [-0.05, 0) is 47.5 Å². The first-order chi connectivity index (χ1) is 14.0. The van der Waals surface area contributed by atoms with E-state index >= 15 is 0 Å². The van der Waals surface area contributed by atoms with E-state index in [0.717, 1.165) is 11.3 Å². The number of carbonyl (C=O) groups excluding carboxylic acids is 1. The minimum atomic E-state index is -0.213. The Morgan fingerprint density at radius 2 is 1.83 bits per heavy atom. The summed E-state index contributed by atoms with van der Waals surface area (Å²) in [4.78, 5) is 12.6. The number of allylic oxidation sites excluding steroid dienone is 1. The number of hydrogen-bond donors (Lipinski definition) is 0. The van der Waals surface area contributed by atoms with Gasteiger partial charge in [-0.1, -0.05) is 47.5 Å². The number of hydrogen-bond acceptors (Lipinski definition) is 4. The Labute approximate surface area is 178 Å². The molecule has 0 atom stereocenters. The number of ketones is 1. The lowest BCUT2D eigenvalue weighted by atomic mass is 10.1. The predicted octanol–water partition coefficient (Wildman–Crippen LogP) is 6.20. The Morgan fingerprint density at radius 1 is 1.00 bits per heavy atom. The van der Waals surface area contributed by atoms with Crippen LogP contribution in [-0.4, -0.2) is 12.9 Å². The first-order valence-electron chi connectivity index (χ1n) is 8.83. The third-order valence-corrected chi connectivity index (χ3v) is 5.28. The van der Waals surface area contributed by atoms with Gasteiger partial charge in [-0.25, -0.2) is 0 Å². The van der Waals surface area contributed by atoms with Crippen LogP contribution in [0.4, 0.5) is 0 Å². The van der Waals surface area contributed by atoms with Crippen molar-refractivity contribution in [2.24, 2.45) is 0 Å². The van der Waals surface area contributed by atoms with Gasteiger partial charge in [-0.15, -0.1) is 0 Å². The molecule has 1 aliphatic heterocycles. The van der Waals surface area contributed by atoms with Crippen LogP contribution in [0.5, 0.6) is 17.2 Å². The van der Waals surface area contributed by atoms with E-state index < -0.39 is 0 Å². The molecule has 0 bridgehead atoms. The number of carbonyl (C=O) groups is 1. The standard InChI is InChI=1S/C23H16Cl2O4/c1-27-16-6-2-4-14(10-16)13-28-17-8-9-18-20(12-17)29-21(23(18)26)11-15-5-3-7-19(24)22(15)25/h2-12H,13H2,1H3. The zero-order valence-corrected chi connectivity index (χ0v) is 17.0. The van der Waals surface area contributed by atoms with Crippen molar-refractivity contribution < 1.29 is 19.0 Å². The SMILES string of the molecule is COc1cccc(COc2ccc3c(c2)OC(=Cc2cccc(Cl)c2Cl)C3=O)c1. The molecule has 3 aromatic rings. The van der Waals surface area contributed by atoms with Gasteiger partial charge >= 0.3 is 0 Å². The van der Waals surface area contributed by atoms with Gasteiger partial charge in [0.1, 0.15) is 23.9 Å². The number of rotatable bonds is 5. The van der Waals surface area contributed by atoms with Gasteiger partial charge in [0, 0.05) is 6.07 Å². The molecule has 4 rings (SSSR count). The average Bonchev–Trinajstić information content (AvgIpc) is 3.05. The molecule has 6 heteroatoms. The molecule has 3 aromatic carbocycles. The summed E-state index contributed by atoms with van der Waals surface area (Å²) in [7, 11) is 1.62. The highest BCUT2D eigenvalue weighted by molar-refractivity contribution is 6.43. The van der Waals surface area contributed by atoms with Gasteiger partial charge in [0.25, 0.3) is 0 Å². The summed E-state index contributed by atoms with van der Waals surface area (Å²) in [6.07, 6.45) is 1.59. The molecule has 0 saturated carbocycles. The van der Waals surface area contributed by atoms with Crippen molar-refractivity contribution >= 4 is 35.1 Å². The number of halogens is 2. The Balaban J connectivity index is 1.52. The zero-order chi connectivity index (χ0) is 20.4. The smallest absolute Gasteiger partial charge is 0.231 e. The van der Waals surface area contributed by atoms with Gasteiger partial charge in [0.15, 0.2) is 5.76 Å². The molecular formula is C23H16Cl2O4. The van der Waals surface area contributed by atoms with E-state index in [1.165, 1.54) is 0 Å². The number of benzene rings is 3. The molecule has 0 saturated heterocycles. The Morgan fingerprint density at radius 3 is 2.66 bits per heavy atom. The molecule has 1 aliphatic rings. The molecule has 0 N–H and O–H groups in total. The maximum atomic E-state index is 12.6. The van der Waals surface area contributed by atoms with Crippen molar-refractivity contribution in [1.82, 2.24) is 0 Å². The number of methoxy groups -OCH3 is 1. The van der Waals surface area contributed by atoms with E-state index in [2.05, 4.69) is 0 Å². The molecule has 0 aromatic heterocycles. The van der Waals surface area contributed by atoms with Gasteiger partial charge in [0.05, 0.1) is 22.7 Å². The molecule has 0 aliphatic carbocycles. The third-order valence-electron chi connectivity index (χ3n) is 4.45. The number of fused-ring (bicyclic) bond motifs is 1. The Bertz CT molecular complexity index is 1120. The first kappa shape index (κ1) is 19.4. The van der Waals surface area contributed by atoms with Crippen molar-refractivity contribution in [3.8, 4) is 17.2 Å². The molecule has 0 radical (unpaired) electrons. The molecule has 0 fully saturated rings. The molecule has 146 valence electrons.